The van der Waals surface area contributed by atoms with Crippen molar-refractivity contribution in [3.63, 3.8) is 0 Å². The molecule has 26 heavy (non-hydrogen) atoms. The van der Waals surface area contributed by atoms with Crippen molar-refractivity contribution >= 4 is 5.57 Å². The van der Waals surface area contributed by atoms with Gasteiger partial charge in [0, 0.05) is 5.56 Å². The molecule has 0 spiro atoms. The maximum absolute atomic E-state index is 4.92. The Kier molecular flexibility index (Phi) is 5.60. The summed E-state index contributed by atoms with van der Waals surface area (Å²) in [5, 5.41) is 0. The van der Waals surface area contributed by atoms with Gasteiger partial charge in [-0.05, 0) is 42.7 Å². The van der Waals surface area contributed by atoms with E-state index in [0.717, 1.165) is 22.5 Å². The molecule has 128 valence electrons. The number of aromatic nitrogens is 1. The van der Waals surface area contributed by atoms with Gasteiger partial charge in [0.15, 0.2) is 0 Å². The lowest BCUT2D eigenvalue weighted by Crippen LogP contribution is -1.93. The summed E-state index contributed by atoms with van der Waals surface area (Å²) in [5.41, 5.74) is 7.75. The van der Waals surface area contributed by atoms with E-state index in [1.807, 2.05) is 37.3 Å². The largest absolute Gasteiger partial charge is 0.248 e. The average Bonchev–Trinajstić information content (AvgIpc) is 2.69. The van der Waals surface area contributed by atoms with Gasteiger partial charge in [0.1, 0.15) is 0 Å². The van der Waals surface area contributed by atoms with Gasteiger partial charge in [-0.1, -0.05) is 91.0 Å². The molecule has 1 heterocycles. The van der Waals surface area contributed by atoms with Crippen molar-refractivity contribution in [2.24, 2.45) is 0 Å². The third-order valence-electron chi connectivity index (χ3n) is 4.30. The van der Waals surface area contributed by atoms with Crippen LogP contribution in [0.4, 0.5) is 0 Å². The number of hydrogen-bond acceptors (Lipinski definition) is 1. The Balaban J connectivity index is 2.18. The standard InChI is InChI=1S/C25H23N/c1-4-6-10-20(5-2)24-17-23(21-15-13-19(3)14-16-21)18-25(26-24)22-11-8-7-9-12-22/h4-18H,1H2,2-3H3/b10-6-,20-5+. The lowest BCUT2D eigenvalue weighted by molar-refractivity contribution is 1.28. The van der Waals surface area contributed by atoms with E-state index in [2.05, 4.69) is 68.1 Å². The summed E-state index contributed by atoms with van der Waals surface area (Å²) in [7, 11) is 0. The second-order valence-corrected chi connectivity index (χ2v) is 6.20. The molecular weight excluding hydrogens is 314 g/mol. The van der Waals surface area contributed by atoms with E-state index in [1.165, 1.54) is 16.7 Å². The molecule has 3 rings (SSSR count). The number of aryl methyl sites for hydroxylation is 1. The summed E-state index contributed by atoms with van der Waals surface area (Å²) in [6.45, 7) is 7.90. The summed E-state index contributed by atoms with van der Waals surface area (Å²) in [6.07, 6.45) is 7.85. The topological polar surface area (TPSA) is 12.9 Å². The fourth-order valence-corrected chi connectivity index (χ4v) is 2.85. The highest BCUT2D eigenvalue weighted by Gasteiger charge is 2.09. The van der Waals surface area contributed by atoms with Crippen LogP contribution in [-0.4, -0.2) is 4.98 Å². The van der Waals surface area contributed by atoms with Crippen LogP contribution in [0.3, 0.4) is 0 Å². The van der Waals surface area contributed by atoms with Gasteiger partial charge < -0.3 is 0 Å². The summed E-state index contributed by atoms with van der Waals surface area (Å²) < 4.78 is 0. The fraction of sp³-hybridized carbons (Fsp3) is 0.0800. The monoisotopic (exact) mass is 337 g/mol. The first-order chi connectivity index (χ1) is 12.7. The Labute approximate surface area is 156 Å². The molecule has 0 fully saturated rings. The number of pyridine rings is 1. The van der Waals surface area contributed by atoms with Crippen molar-refractivity contribution in [2.75, 3.05) is 0 Å². The van der Waals surface area contributed by atoms with Gasteiger partial charge in [0.2, 0.25) is 0 Å². The highest BCUT2D eigenvalue weighted by molar-refractivity contribution is 5.79. The Hall–Kier alpha value is -3.19. The smallest absolute Gasteiger partial charge is 0.0715 e. The first-order valence-corrected chi connectivity index (χ1v) is 8.81. The minimum absolute atomic E-state index is 0.961. The highest BCUT2D eigenvalue weighted by atomic mass is 14.7. The van der Waals surface area contributed by atoms with E-state index < -0.39 is 0 Å². The van der Waals surface area contributed by atoms with Crippen molar-refractivity contribution in [2.45, 2.75) is 13.8 Å². The summed E-state index contributed by atoms with van der Waals surface area (Å²) in [4.78, 5) is 4.92. The molecule has 1 heteroatoms. The molecule has 0 unspecified atom stereocenters. The van der Waals surface area contributed by atoms with E-state index >= 15 is 0 Å². The molecule has 0 amide bonds. The predicted molar refractivity (Wildman–Crippen MR) is 113 cm³/mol. The second kappa shape index (κ2) is 8.26. The molecule has 0 aliphatic heterocycles. The maximum Gasteiger partial charge on any atom is 0.0715 e. The van der Waals surface area contributed by atoms with Gasteiger partial charge in [0.25, 0.3) is 0 Å². The van der Waals surface area contributed by atoms with Gasteiger partial charge in [-0.25, -0.2) is 4.98 Å². The molecule has 0 saturated carbocycles. The quantitative estimate of drug-likeness (QED) is 0.463. The Morgan fingerprint density at radius 1 is 0.885 bits per heavy atom. The molecule has 0 saturated heterocycles. The molecule has 1 aromatic heterocycles. The molecule has 0 bridgehead atoms. The van der Waals surface area contributed by atoms with Crippen LogP contribution in [0.5, 0.6) is 0 Å². The molecule has 0 aliphatic rings. The summed E-state index contributed by atoms with van der Waals surface area (Å²) >= 11 is 0. The van der Waals surface area contributed by atoms with Gasteiger partial charge >= 0.3 is 0 Å². The first kappa shape index (κ1) is 17.6. The maximum atomic E-state index is 4.92. The van der Waals surface area contributed by atoms with E-state index in [9.17, 15) is 0 Å². The van der Waals surface area contributed by atoms with Crippen LogP contribution in [0.25, 0.3) is 28.0 Å². The van der Waals surface area contributed by atoms with Crippen molar-refractivity contribution in [1.29, 1.82) is 0 Å². The second-order valence-electron chi connectivity index (χ2n) is 6.20. The molecular formula is C25H23N. The lowest BCUT2D eigenvalue weighted by atomic mass is 9.99. The average molecular weight is 337 g/mol. The molecule has 0 radical (unpaired) electrons. The first-order valence-electron chi connectivity index (χ1n) is 8.81. The Morgan fingerprint density at radius 2 is 1.62 bits per heavy atom. The molecule has 3 aromatic rings. The lowest BCUT2D eigenvalue weighted by Gasteiger charge is -2.11. The van der Waals surface area contributed by atoms with Crippen LogP contribution in [-0.2, 0) is 0 Å². The van der Waals surface area contributed by atoms with Crippen LogP contribution in [0.15, 0.2) is 97.6 Å². The minimum Gasteiger partial charge on any atom is -0.248 e. The van der Waals surface area contributed by atoms with Crippen LogP contribution in [0, 0.1) is 6.92 Å². The normalized spacial score (nSPS) is 11.7. The van der Waals surface area contributed by atoms with Crippen molar-refractivity contribution in [1.82, 2.24) is 4.98 Å². The summed E-state index contributed by atoms with van der Waals surface area (Å²) in [5.74, 6) is 0. The number of hydrogen-bond donors (Lipinski definition) is 0. The Bertz CT molecular complexity index is 945. The SMILES string of the molecule is C=C/C=C\C(=C/C)c1cc(-c2ccc(C)cc2)cc(-c2ccccc2)n1. The van der Waals surface area contributed by atoms with Crippen molar-refractivity contribution < 1.29 is 0 Å². The van der Waals surface area contributed by atoms with E-state index in [4.69, 9.17) is 4.98 Å². The predicted octanol–water partition coefficient (Wildman–Crippen LogP) is 6.87. The molecule has 2 aromatic carbocycles. The molecule has 0 aliphatic carbocycles. The highest BCUT2D eigenvalue weighted by Crippen LogP contribution is 2.29. The van der Waals surface area contributed by atoms with Crippen LogP contribution < -0.4 is 0 Å². The zero-order valence-corrected chi connectivity index (χ0v) is 15.3. The fourth-order valence-electron chi connectivity index (χ4n) is 2.85. The number of allylic oxidation sites excluding steroid dienone is 5. The van der Waals surface area contributed by atoms with E-state index in [0.29, 0.717) is 0 Å². The van der Waals surface area contributed by atoms with Crippen LogP contribution in [0.2, 0.25) is 0 Å². The zero-order chi connectivity index (χ0) is 18.4. The number of rotatable bonds is 5. The Morgan fingerprint density at radius 3 is 2.27 bits per heavy atom. The summed E-state index contributed by atoms with van der Waals surface area (Å²) in [6, 6.07) is 23.2. The van der Waals surface area contributed by atoms with E-state index in [-0.39, 0.29) is 0 Å². The van der Waals surface area contributed by atoms with Gasteiger partial charge in [-0.2, -0.15) is 0 Å². The van der Waals surface area contributed by atoms with Crippen LogP contribution in [0.1, 0.15) is 18.2 Å². The molecule has 0 N–H and O–H groups in total. The number of benzene rings is 2. The van der Waals surface area contributed by atoms with Crippen molar-refractivity contribution in [3.05, 3.63) is 109 Å². The van der Waals surface area contributed by atoms with Gasteiger partial charge in [-0.15, -0.1) is 0 Å². The molecule has 1 nitrogen and oxygen atoms in total. The third kappa shape index (κ3) is 4.07. The van der Waals surface area contributed by atoms with Crippen molar-refractivity contribution in [3.8, 4) is 22.4 Å². The van der Waals surface area contributed by atoms with Gasteiger partial charge in [0.05, 0.1) is 11.4 Å². The minimum atomic E-state index is 0.961. The van der Waals surface area contributed by atoms with Crippen LogP contribution >= 0.6 is 0 Å². The number of nitrogens with zero attached hydrogens (tertiary/aromatic N) is 1. The zero-order valence-electron chi connectivity index (χ0n) is 15.3. The molecule has 0 atom stereocenters. The third-order valence-corrected chi connectivity index (χ3v) is 4.30. The van der Waals surface area contributed by atoms with Gasteiger partial charge in [-0.3, -0.25) is 0 Å². The van der Waals surface area contributed by atoms with E-state index in [1.54, 1.807) is 6.08 Å².